The number of carboxylic acid groups (broad SMARTS) is 1. The summed E-state index contributed by atoms with van der Waals surface area (Å²) in [6.45, 7) is 4.76. The molecule has 0 bridgehead atoms. The van der Waals surface area contributed by atoms with Gasteiger partial charge < -0.3 is 20.1 Å². The van der Waals surface area contributed by atoms with E-state index in [1.54, 1.807) is 18.7 Å². The molecule has 0 atom stereocenters. The molecule has 0 spiro atoms. The zero-order chi connectivity index (χ0) is 23.6. The highest BCUT2D eigenvalue weighted by Crippen LogP contribution is 2.44. The number of nitrogens with one attached hydrogen (secondary N) is 1. The lowest BCUT2D eigenvalue weighted by atomic mass is 9.89. The third-order valence-electron chi connectivity index (χ3n) is 6.73. The number of fused-ring (bicyclic) bond motifs is 3. The van der Waals surface area contributed by atoms with Crippen molar-refractivity contribution >= 4 is 18.0 Å². The molecule has 2 aromatic rings. The zero-order valence-corrected chi connectivity index (χ0v) is 19.0. The lowest BCUT2D eigenvalue weighted by molar-refractivity contribution is -0.148. The number of hydrogen-bond donors (Lipinski definition) is 2. The first kappa shape index (κ1) is 22.8. The van der Waals surface area contributed by atoms with Crippen LogP contribution in [0.5, 0.6) is 0 Å². The first-order chi connectivity index (χ1) is 15.8. The van der Waals surface area contributed by atoms with Crippen LogP contribution in [0.15, 0.2) is 48.5 Å². The van der Waals surface area contributed by atoms with Gasteiger partial charge in [0, 0.05) is 25.6 Å². The van der Waals surface area contributed by atoms with Crippen LogP contribution in [0.1, 0.15) is 43.7 Å². The predicted molar refractivity (Wildman–Crippen MR) is 124 cm³/mol. The van der Waals surface area contributed by atoms with Crippen molar-refractivity contribution in [2.75, 3.05) is 26.2 Å². The summed E-state index contributed by atoms with van der Waals surface area (Å²) in [7, 11) is 0. The summed E-state index contributed by atoms with van der Waals surface area (Å²) >= 11 is 0. The van der Waals surface area contributed by atoms with Crippen LogP contribution in [0.3, 0.4) is 0 Å². The Balaban J connectivity index is 1.31. The van der Waals surface area contributed by atoms with Crippen LogP contribution in [-0.2, 0) is 14.3 Å². The van der Waals surface area contributed by atoms with E-state index in [0.29, 0.717) is 25.9 Å². The summed E-state index contributed by atoms with van der Waals surface area (Å²) in [5.41, 5.74) is 3.81. The summed E-state index contributed by atoms with van der Waals surface area (Å²) in [4.78, 5) is 38.2. The summed E-state index contributed by atoms with van der Waals surface area (Å²) in [6, 6.07) is 16.3. The number of ether oxygens (including phenoxy) is 1. The van der Waals surface area contributed by atoms with Crippen LogP contribution in [0, 0.1) is 11.3 Å². The number of rotatable bonds is 6. The highest BCUT2D eigenvalue weighted by atomic mass is 16.5. The second kappa shape index (κ2) is 9.25. The number of benzene rings is 2. The van der Waals surface area contributed by atoms with E-state index in [2.05, 4.69) is 29.6 Å². The van der Waals surface area contributed by atoms with Gasteiger partial charge in [0.15, 0.2) is 0 Å². The van der Waals surface area contributed by atoms with Crippen LogP contribution >= 0.6 is 0 Å². The predicted octanol–water partition coefficient (Wildman–Crippen LogP) is 3.87. The molecule has 1 saturated heterocycles. The lowest BCUT2D eigenvalue weighted by Gasteiger charge is -2.36. The maximum Gasteiger partial charge on any atom is 0.407 e. The van der Waals surface area contributed by atoms with E-state index < -0.39 is 23.4 Å². The fourth-order valence-corrected chi connectivity index (χ4v) is 4.78. The van der Waals surface area contributed by atoms with Gasteiger partial charge in [-0.25, -0.2) is 4.79 Å². The molecule has 7 heteroatoms. The van der Waals surface area contributed by atoms with Gasteiger partial charge in [-0.3, -0.25) is 9.59 Å². The first-order valence-corrected chi connectivity index (χ1v) is 11.4. The molecule has 0 saturated carbocycles. The van der Waals surface area contributed by atoms with Crippen molar-refractivity contribution in [3.63, 3.8) is 0 Å². The monoisotopic (exact) mass is 450 g/mol. The molecule has 1 heterocycles. The molecule has 0 aromatic heterocycles. The molecular weight excluding hydrogens is 420 g/mol. The Labute approximate surface area is 193 Å². The quantitative estimate of drug-likeness (QED) is 0.696. The second-order valence-electron chi connectivity index (χ2n) is 9.47. The van der Waals surface area contributed by atoms with Crippen molar-refractivity contribution in [3.8, 4) is 11.1 Å². The molecule has 0 unspecified atom stereocenters. The molecule has 1 aliphatic heterocycles. The molecule has 1 fully saturated rings. The number of carbonyl (C=O) groups excluding carboxylic acids is 2. The van der Waals surface area contributed by atoms with Gasteiger partial charge in [-0.05, 0) is 48.9 Å². The van der Waals surface area contributed by atoms with Crippen LogP contribution in [0.25, 0.3) is 11.1 Å². The standard InChI is InChI=1S/C26H30N2O5/c1-26(2,24(31)28-13-11-17(12-14-28)23(29)30)16-27-25(32)33-15-22-20-9-5-3-7-18(20)19-8-4-6-10-21(19)22/h3-10,17,22H,11-16H2,1-2H3,(H,27,32)(H,29,30). The van der Waals surface area contributed by atoms with Crippen molar-refractivity contribution in [1.29, 1.82) is 0 Å². The van der Waals surface area contributed by atoms with Crippen molar-refractivity contribution in [2.24, 2.45) is 11.3 Å². The fourth-order valence-electron chi connectivity index (χ4n) is 4.78. The van der Waals surface area contributed by atoms with Crippen molar-refractivity contribution < 1.29 is 24.2 Å². The first-order valence-electron chi connectivity index (χ1n) is 11.4. The average Bonchev–Trinajstić information content (AvgIpc) is 3.15. The molecule has 4 rings (SSSR count). The van der Waals surface area contributed by atoms with E-state index in [1.807, 2.05) is 24.3 Å². The van der Waals surface area contributed by atoms with Gasteiger partial charge in [0.2, 0.25) is 5.91 Å². The molecule has 33 heavy (non-hydrogen) atoms. The smallest absolute Gasteiger partial charge is 0.407 e. The van der Waals surface area contributed by atoms with E-state index in [1.165, 1.54) is 11.1 Å². The Bertz CT molecular complexity index is 1010. The lowest BCUT2D eigenvalue weighted by Crippen LogP contribution is -2.50. The Hall–Kier alpha value is -3.35. The minimum Gasteiger partial charge on any atom is -0.481 e. The summed E-state index contributed by atoms with van der Waals surface area (Å²) in [5.74, 6) is -1.31. The highest BCUT2D eigenvalue weighted by molar-refractivity contribution is 5.83. The van der Waals surface area contributed by atoms with Crippen molar-refractivity contribution in [2.45, 2.75) is 32.6 Å². The normalized spacial score (nSPS) is 16.1. The van der Waals surface area contributed by atoms with Crippen LogP contribution in [0.2, 0.25) is 0 Å². The largest absolute Gasteiger partial charge is 0.481 e. The Kier molecular flexibility index (Phi) is 6.40. The topological polar surface area (TPSA) is 95.9 Å². The Morgan fingerprint density at radius 1 is 1.00 bits per heavy atom. The third-order valence-corrected chi connectivity index (χ3v) is 6.73. The maximum atomic E-state index is 12.9. The average molecular weight is 451 g/mol. The molecule has 0 radical (unpaired) electrons. The number of nitrogens with zero attached hydrogens (tertiary/aromatic N) is 1. The van der Waals surface area contributed by atoms with E-state index >= 15 is 0 Å². The molecule has 2 aromatic carbocycles. The Morgan fingerprint density at radius 3 is 2.09 bits per heavy atom. The minimum absolute atomic E-state index is 0.0201. The van der Waals surface area contributed by atoms with Gasteiger partial charge in [0.1, 0.15) is 6.61 Å². The summed E-state index contributed by atoms with van der Waals surface area (Å²) in [6.07, 6.45) is 0.357. The van der Waals surface area contributed by atoms with Crippen LogP contribution < -0.4 is 5.32 Å². The molecule has 2 amide bonds. The van der Waals surface area contributed by atoms with Gasteiger partial charge >= 0.3 is 12.1 Å². The summed E-state index contributed by atoms with van der Waals surface area (Å²) in [5, 5.41) is 11.9. The number of alkyl carbamates (subject to hydrolysis) is 1. The molecule has 7 nitrogen and oxygen atoms in total. The van der Waals surface area contributed by atoms with Gasteiger partial charge in [-0.15, -0.1) is 0 Å². The molecule has 2 N–H and O–H groups in total. The maximum absolute atomic E-state index is 12.9. The fraction of sp³-hybridized carbons (Fsp3) is 0.423. The minimum atomic E-state index is -0.818. The number of carbonyl (C=O) groups is 3. The van der Waals surface area contributed by atoms with Gasteiger partial charge in [0.25, 0.3) is 0 Å². The van der Waals surface area contributed by atoms with E-state index in [4.69, 9.17) is 9.84 Å². The zero-order valence-electron chi connectivity index (χ0n) is 19.0. The number of aliphatic carboxylic acids is 1. The third kappa shape index (κ3) is 4.72. The Morgan fingerprint density at radius 2 is 1.55 bits per heavy atom. The van der Waals surface area contributed by atoms with Crippen molar-refractivity contribution in [1.82, 2.24) is 10.2 Å². The second-order valence-corrected chi connectivity index (χ2v) is 9.47. The molecule has 174 valence electrons. The summed E-state index contributed by atoms with van der Waals surface area (Å²) < 4.78 is 5.56. The van der Waals surface area contributed by atoms with Gasteiger partial charge in [-0.2, -0.15) is 0 Å². The van der Waals surface area contributed by atoms with Crippen LogP contribution in [-0.4, -0.2) is 54.2 Å². The van der Waals surface area contributed by atoms with E-state index in [-0.39, 0.29) is 25.0 Å². The van der Waals surface area contributed by atoms with Crippen molar-refractivity contribution in [3.05, 3.63) is 59.7 Å². The number of likely N-dealkylation sites (tertiary alicyclic amines) is 1. The van der Waals surface area contributed by atoms with E-state index in [0.717, 1.165) is 11.1 Å². The molecule has 2 aliphatic rings. The van der Waals surface area contributed by atoms with Crippen LogP contribution in [0.4, 0.5) is 4.79 Å². The van der Waals surface area contributed by atoms with Gasteiger partial charge in [-0.1, -0.05) is 48.5 Å². The van der Waals surface area contributed by atoms with E-state index in [9.17, 15) is 14.4 Å². The number of hydrogen-bond acceptors (Lipinski definition) is 4. The number of amides is 2. The number of carboxylic acids is 1. The van der Waals surface area contributed by atoms with Gasteiger partial charge in [0.05, 0.1) is 11.3 Å². The number of piperidine rings is 1. The highest BCUT2D eigenvalue weighted by Gasteiger charge is 2.36. The SMILES string of the molecule is CC(C)(CNC(=O)OCC1c2ccccc2-c2ccccc21)C(=O)N1CCC(C(=O)O)CC1. The molecule has 1 aliphatic carbocycles. The molecular formula is C26H30N2O5.